The molecule has 9 nitrogen and oxygen atoms in total. The number of amides is 2. The third-order valence-electron chi connectivity index (χ3n) is 3.55. The van der Waals surface area contributed by atoms with Crippen molar-refractivity contribution in [2.24, 2.45) is 0 Å². The molecule has 0 radical (unpaired) electrons. The zero-order valence-corrected chi connectivity index (χ0v) is 14.9. The van der Waals surface area contributed by atoms with Crippen LogP contribution < -0.4 is 20.3 Å². The molecular formula is C18H19N3O6. The van der Waals surface area contributed by atoms with Crippen molar-refractivity contribution in [2.75, 3.05) is 13.7 Å². The van der Waals surface area contributed by atoms with Gasteiger partial charge in [-0.25, -0.2) is 0 Å². The van der Waals surface area contributed by atoms with Crippen molar-refractivity contribution < 1.29 is 24.0 Å². The predicted octanol–water partition coefficient (Wildman–Crippen LogP) is 2.01. The number of ether oxygens (including phenoxy) is 2. The SMILES string of the molecule is CCOc1ccc(C(=O)NNC(=O)Cc2ccc([N+](=O)[O-])cc2)cc1OC. The quantitative estimate of drug-likeness (QED) is 0.566. The van der Waals surface area contributed by atoms with Gasteiger partial charge in [-0.05, 0) is 30.7 Å². The molecule has 2 amide bonds. The second-order valence-electron chi connectivity index (χ2n) is 5.40. The van der Waals surface area contributed by atoms with Crippen molar-refractivity contribution in [3.05, 3.63) is 63.7 Å². The van der Waals surface area contributed by atoms with Gasteiger partial charge in [-0.3, -0.25) is 30.6 Å². The molecule has 0 saturated heterocycles. The lowest BCUT2D eigenvalue weighted by molar-refractivity contribution is -0.384. The minimum absolute atomic E-state index is 0.0368. The zero-order chi connectivity index (χ0) is 19.8. The standard InChI is InChI=1S/C18H19N3O6/c1-3-27-15-9-6-13(11-16(15)26-2)18(23)20-19-17(22)10-12-4-7-14(8-5-12)21(24)25/h4-9,11H,3,10H2,1-2H3,(H,19,22)(H,20,23). The lowest BCUT2D eigenvalue weighted by Crippen LogP contribution is -2.42. The summed E-state index contributed by atoms with van der Waals surface area (Å²) >= 11 is 0. The van der Waals surface area contributed by atoms with Gasteiger partial charge in [0.1, 0.15) is 0 Å². The van der Waals surface area contributed by atoms with Crippen molar-refractivity contribution >= 4 is 17.5 Å². The molecule has 0 aliphatic heterocycles. The Morgan fingerprint density at radius 1 is 1.07 bits per heavy atom. The number of hydrogen-bond acceptors (Lipinski definition) is 6. The topological polar surface area (TPSA) is 120 Å². The fourth-order valence-electron chi connectivity index (χ4n) is 2.25. The highest BCUT2D eigenvalue weighted by molar-refractivity contribution is 5.96. The van der Waals surface area contributed by atoms with E-state index in [1.54, 1.807) is 12.1 Å². The summed E-state index contributed by atoms with van der Waals surface area (Å²) in [5.41, 5.74) is 5.41. The number of carbonyl (C=O) groups is 2. The molecular weight excluding hydrogens is 354 g/mol. The summed E-state index contributed by atoms with van der Waals surface area (Å²) in [4.78, 5) is 34.2. The van der Waals surface area contributed by atoms with Crippen molar-refractivity contribution in [3.63, 3.8) is 0 Å². The summed E-state index contributed by atoms with van der Waals surface area (Å²) in [6.45, 7) is 2.29. The van der Waals surface area contributed by atoms with Gasteiger partial charge in [0.25, 0.3) is 11.6 Å². The molecule has 2 N–H and O–H groups in total. The van der Waals surface area contributed by atoms with Crippen molar-refractivity contribution in [1.82, 2.24) is 10.9 Å². The van der Waals surface area contributed by atoms with Crippen molar-refractivity contribution in [3.8, 4) is 11.5 Å². The van der Waals surface area contributed by atoms with E-state index in [1.807, 2.05) is 6.92 Å². The van der Waals surface area contributed by atoms with Gasteiger partial charge < -0.3 is 9.47 Å². The Labute approximate surface area is 155 Å². The monoisotopic (exact) mass is 373 g/mol. The molecule has 142 valence electrons. The van der Waals surface area contributed by atoms with Crippen LogP contribution in [0.15, 0.2) is 42.5 Å². The highest BCUT2D eigenvalue weighted by Gasteiger charge is 2.12. The summed E-state index contributed by atoms with van der Waals surface area (Å²) in [5.74, 6) is -0.0658. The Balaban J connectivity index is 1.92. The molecule has 0 saturated carbocycles. The van der Waals surface area contributed by atoms with Crippen LogP contribution in [0.4, 0.5) is 5.69 Å². The van der Waals surface area contributed by atoms with E-state index in [0.29, 0.717) is 23.7 Å². The van der Waals surface area contributed by atoms with Crippen LogP contribution in [-0.2, 0) is 11.2 Å². The van der Waals surface area contributed by atoms with Crippen LogP contribution in [0.2, 0.25) is 0 Å². The van der Waals surface area contributed by atoms with E-state index in [0.717, 1.165) is 0 Å². The normalized spacial score (nSPS) is 10.0. The molecule has 0 bridgehead atoms. The number of nitro benzene ring substituents is 1. The van der Waals surface area contributed by atoms with Crippen LogP contribution in [0.1, 0.15) is 22.8 Å². The molecule has 0 spiro atoms. The van der Waals surface area contributed by atoms with Gasteiger partial charge in [-0.1, -0.05) is 12.1 Å². The summed E-state index contributed by atoms with van der Waals surface area (Å²) < 4.78 is 10.6. The van der Waals surface area contributed by atoms with Crippen LogP contribution >= 0.6 is 0 Å². The second-order valence-corrected chi connectivity index (χ2v) is 5.40. The van der Waals surface area contributed by atoms with E-state index in [9.17, 15) is 19.7 Å². The third-order valence-corrected chi connectivity index (χ3v) is 3.55. The van der Waals surface area contributed by atoms with Gasteiger partial charge in [0, 0.05) is 17.7 Å². The van der Waals surface area contributed by atoms with E-state index in [-0.39, 0.29) is 17.7 Å². The third kappa shape index (κ3) is 5.43. The number of nitro groups is 1. The first-order valence-corrected chi connectivity index (χ1v) is 8.08. The Kier molecular flexibility index (Phi) is 6.70. The minimum atomic E-state index is -0.520. The summed E-state index contributed by atoms with van der Waals surface area (Å²) in [7, 11) is 1.46. The number of hydrogen-bond donors (Lipinski definition) is 2. The van der Waals surface area contributed by atoms with Gasteiger partial charge >= 0.3 is 0 Å². The van der Waals surface area contributed by atoms with Crippen LogP contribution in [0, 0.1) is 10.1 Å². The molecule has 0 unspecified atom stereocenters. The molecule has 9 heteroatoms. The number of benzene rings is 2. The maximum absolute atomic E-state index is 12.2. The molecule has 0 aliphatic carbocycles. The Bertz CT molecular complexity index is 835. The van der Waals surface area contributed by atoms with Gasteiger partial charge in [-0.2, -0.15) is 0 Å². The Morgan fingerprint density at radius 3 is 2.37 bits per heavy atom. The Hall–Kier alpha value is -3.62. The molecule has 2 rings (SSSR count). The molecule has 0 atom stereocenters. The summed E-state index contributed by atoms with van der Waals surface area (Å²) in [6.07, 6.45) is -0.0368. The molecule has 2 aromatic rings. The molecule has 0 aromatic heterocycles. The molecule has 0 heterocycles. The number of hydrazine groups is 1. The van der Waals surface area contributed by atoms with Crippen LogP contribution in [-0.4, -0.2) is 30.5 Å². The first-order chi connectivity index (χ1) is 12.9. The lowest BCUT2D eigenvalue weighted by Gasteiger charge is -2.11. The number of non-ortho nitro benzene ring substituents is 1. The fraction of sp³-hybridized carbons (Fsp3) is 0.222. The van der Waals surface area contributed by atoms with Crippen LogP contribution in [0.5, 0.6) is 11.5 Å². The largest absolute Gasteiger partial charge is 0.493 e. The van der Waals surface area contributed by atoms with E-state index in [4.69, 9.17) is 9.47 Å². The van der Waals surface area contributed by atoms with Gasteiger partial charge in [0.2, 0.25) is 5.91 Å². The number of rotatable bonds is 7. The molecule has 2 aromatic carbocycles. The average molecular weight is 373 g/mol. The van der Waals surface area contributed by atoms with Gasteiger partial charge in [0.05, 0.1) is 25.1 Å². The maximum Gasteiger partial charge on any atom is 0.269 e. The van der Waals surface area contributed by atoms with E-state index in [1.165, 1.54) is 37.4 Å². The maximum atomic E-state index is 12.2. The minimum Gasteiger partial charge on any atom is -0.493 e. The van der Waals surface area contributed by atoms with E-state index in [2.05, 4.69) is 10.9 Å². The second kappa shape index (κ2) is 9.18. The average Bonchev–Trinajstić information content (AvgIpc) is 2.67. The predicted molar refractivity (Wildman–Crippen MR) is 96.6 cm³/mol. The van der Waals surface area contributed by atoms with E-state index < -0.39 is 16.7 Å². The van der Waals surface area contributed by atoms with Crippen LogP contribution in [0.3, 0.4) is 0 Å². The smallest absolute Gasteiger partial charge is 0.269 e. The van der Waals surface area contributed by atoms with Gasteiger partial charge in [0.15, 0.2) is 11.5 Å². The fourth-order valence-corrected chi connectivity index (χ4v) is 2.25. The first-order valence-electron chi connectivity index (χ1n) is 8.08. The number of nitrogens with one attached hydrogen (secondary N) is 2. The highest BCUT2D eigenvalue weighted by Crippen LogP contribution is 2.27. The number of methoxy groups -OCH3 is 1. The van der Waals surface area contributed by atoms with Crippen molar-refractivity contribution in [1.29, 1.82) is 0 Å². The van der Waals surface area contributed by atoms with Gasteiger partial charge in [-0.15, -0.1) is 0 Å². The zero-order valence-electron chi connectivity index (χ0n) is 14.9. The summed E-state index contributed by atoms with van der Waals surface area (Å²) in [5, 5.41) is 10.6. The summed E-state index contributed by atoms with van der Waals surface area (Å²) in [6, 6.07) is 10.2. The first kappa shape index (κ1) is 19.7. The van der Waals surface area contributed by atoms with E-state index >= 15 is 0 Å². The number of nitrogens with zero attached hydrogens (tertiary/aromatic N) is 1. The Morgan fingerprint density at radius 2 is 1.78 bits per heavy atom. The lowest BCUT2D eigenvalue weighted by atomic mass is 10.1. The highest BCUT2D eigenvalue weighted by atomic mass is 16.6. The molecule has 27 heavy (non-hydrogen) atoms. The van der Waals surface area contributed by atoms with Crippen LogP contribution in [0.25, 0.3) is 0 Å². The molecule has 0 fully saturated rings. The number of carbonyl (C=O) groups excluding carboxylic acids is 2. The van der Waals surface area contributed by atoms with Crippen molar-refractivity contribution in [2.45, 2.75) is 13.3 Å². The molecule has 0 aliphatic rings.